The lowest BCUT2D eigenvalue weighted by molar-refractivity contribution is 1.24. The summed E-state index contributed by atoms with van der Waals surface area (Å²) in [5.41, 5.74) is 6.49. The average Bonchev–Trinajstić information content (AvgIpc) is 1.80. The van der Waals surface area contributed by atoms with Crippen LogP contribution in [0, 0.1) is 6.92 Å². The maximum atomic E-state index is 5.48. The first-order valence-corrected chi connectivity index (χ1v) is 3.38. The third-order valence-corrected chi connectivity index (χ3v) is 1.54. The van der Waals surface area contributed by atoms with Gasteiger partial charge in [-0.25, -0.2) is 4.98 Å². The molecule has 2 N–H and O–H groups in total. The van der Waals surface area contributed by atoms with Crippen LogP contribution in [0.3, 0.4) is 0 Å². The van der Waals surface area contributed by atoms with Crippen molar-refractivity contribution in [1.82, 2.24) is 4.98 Å². The number of nitrogens with two attached hydrogens (primary N) is 1. The highest BCUT2D eigenvalue weighted by molar-refractivity contribution is 9.10. The van der Waals surface area contributed by atoms with Crippen LogP contribution >= 0.6 is 15.9 Å². The van der Waals surface area contributed by atoms with Gasteiger partial charge in [0.1, 0.15) is 10.4 Å². The fourth-order valence-electron chi connectivity index (χ4n) is 0.520. The Balaban J connectivity index is 3.17. The van der Waals surface area contributed by atoms with Crippen molar-refractivity contribution in [3.63, 3.8) is 0 Å². The van der Waals surface area contributed by atoms with Gasteiger partial charge in [-0.15, -0.1) is 0 Å². The van der Waals surface area contributed by atoms with Gasteiger partial charge in [-0.3, -0.25) is 0 Å². The number of aromatic nitrogens is 1. The van der Waals surface area contributed by atoms with E-state index >= 15 is 0 Å². The normalized spacial score (nSPS) is 9.56. The summed E-state index contributed by atoms with van der Waals surface area (Å²) in [6, 6.07) is 3.79. The van der Waals surface area contributed by atoms with Crippen LogP contribution in [-0.2, 0) is 0 Å². The number of hydrogen-bond acceptors (Lipinski definition) is 2. The molecule has 0 atom stereocenters. The minimum atomic E-state index is 0.587. The third-order valence-electron chi connectivity index (χ3n) is 1.10. The largest absolute Gasteiger partial charge is 0.383 e. The summed E-state index contributed by atoms with van der Waals surface area (Å²) in [7, 11) is 0. The van der Waals surface area contributed by atoms with Gasteiger partial charge in [-0.05, 0) is 34.5 Å². The Morgan fingerprint density at radius 1 is 1.56 bits per heavy atom. The molecule has 9 heavy (non-hydrogen) atoms. The molecule has 1 aromatic rings. The molecule has 1 heterocycles. The average molecular weight is 187 g/mol. The number of pyridine rings is 1. The molecule has 0 aromatic carbocycles. The maximum Gasteiger partial charge on any atom is 0.127 e. The molecule has 0 saturated heterocycles. The van der Waals surface area contributed by atoms with Crippen molar-refractivity contribution in [2.75, 3.05) is 5.73 Å². The summed E-state index contributed by atoms with van der Waals surface area (Å²) in [6.07, 6.45) is 0. The molecule has 48 valence electrons. The quantitative estimate of drug-likeness (QED) is 0.628. The van der Waals surface area contributed by atoms with Gasteiger partial charge in [0.2, 0.25) is 0 Å². The van der Waals surface area contributed by atoms with Crippen LogP contribution in [0.2, 0.25) is 0 Å². The number of halogens is 1. The van der Waals surface area contributed by atoms with E-state index in [-0.39, 0.29) is 0 Å². The second-order valence-electron chi connectivity index (χ2n) is 1.84. The predicted octanol–water partition coefficient (Wildman–Crippen LogP) is 1.73. The molecule has 0 saturated carbocycles. The summed E-state index contributed by atoms with van der Waals surface area (Å²) in [6.45, 7) is 1.93. The highest BCUT2D eigenvalue weighted by Gasteiger charge is 1.92. The topological polar surface area (TPSA) is 38.9 Å². The molecule has 0 radical (unpaired) electrons. The van der Waals surface area contributed by atoms with Crippen molar-refractivity contribution in [2.45, 2.75) is 6.92 Å². The summed E-state index contributed by atoms with van der Waals surface area (Å²) >= 11 is 3.21. The highest BCUT2D eigenvalue weighted by Crippen LogP contribution is 2.11. The van der Waals surface area contributed by atoms with Crippen molar-refractivity contribution < 1.29 is 0 Å². The monoisotopic (exact) mass is 186 g/mol. The van der Waals surface area contributed by atoms with Crippen LogP contribution in [-0.4, -0.2) is 4.98 Å². The van der Waals surface area contributed by atoms with Crippen molar-refractivity contribution in [3.8, 4) is 0 Å². The standard InChI is InChI=1S/C6H7BrN2/c1-4-2-3-5(7)9-6(4)8/h2-3H,1H3,(H2,8,9). The molecule has 0 aliphatic heterocycles. The van der Waals surface area contributed by atoms with E-state index < -0.39 is 0 Å². The maximum absolute atomic E-state index is 5.48. The van der Waals surface area contributed by atoms with Gasteiger partial charge in [0.05, 0.1) is 0 Å². The fraction of sp³-hybridized carbons (Fsp3) is 0.167. The molecule has 0 bridgehead atoms. The van der Waals surface area contributed by atoms with Crippen LogP contribution in [0.15, 0.2) is 16.7 Å². The zero-order valence-corrected chi connectivity index (χ0v) is 6.64. The summed E-state index contributed by atoms with van der Waals surface area (Å²) in [4.78, 5) is 3.97. The van der Waals surface area contributed by atoms with Crippen LogP contribution in [0.5, 0.6) is 0 Å². The van der Waals surface area contributed by atoms with Gasteiger partial charge in [-0.1, -0.05) is 6.07 Å². The van der Waals surface area contributed by atoms with Crippen LogP contribution in [0.4, 0.5) is 5.82 Å². The second-order valence-corrected chi connectivity index (χ2v) is 2.65. The van der Waals surface area contributed by atoms with Gasteiger partial charge in [0, 0.05) is 0 Å². The van der Waals surface area contributed by atoms with Gasteiger partial charge in [0.15, 0.2) is 0 Å². The molecule has 0 aliphatic carbocycles. The number of aryl methyl sites for hydroxylation is 1. The van der Waals surface area contributed by atoms with Crippen molar-refractivity contribution in [1.29, 1.82) is 0 Å². The Bertz CT molecular complexity index is 222. The van der Waals surface area contributed by atoms with Crippen LogP contribution in [0.1, 0.15) is 5.56 Å². The first-order chi connectivity index (χ1) is 4.20. The van der Waals surface area contributed by atoms with Gasteiger partial charge in [-0.2, -0.15) is 0 Å². The number of nitrogen functional groups attached to an aromatic ring is 1. The van der Waals surface area contributed by atoms with Crippen LogP contribution in [0.25, 0.3) is 0 Å². The Kier molecular flexibility index (Phi) is 1.71. The first-order valence-electron chi connectivity index (χ1n) is 2.59. The lowest BCUT2D eigenvalue weighted by Gasteiger charge is -1.96. The van der Waals surface area contributed by atoms with Crippen molar-refractivity contribution in [2.24, 2.45) is 0 Å². The lowest BCUT2D eigenvalue weighted by Crippen LogP contribution is -1.92. The fourth-order valence-corrected chi connectivity index (χ4v) is 0.843. The van der Waals surface area contributed by atoms with Gasteiger partial charge >= 0.3 is 0 Å². The minimum absolute atomic E-state index is 0.587. The minimum Gasteiger partial charge on any atom is -0.383 e. The number of anilines is 1. The highest BCUT2D eigenvalue weighted by atomic mass is 79.9. The molecule has 0 amide bonds. The van der Waals surface area contributed by atoms with E-state index in [9.17, 15) is 0 Å². The summed E-state index contributed by atoms with van der Waals surface area (Å²) < 4.78 is 0.783. The zero-order valence-electron chi connectivity index (χ0n) is 5.06. The van der Waals surface area contributed by atoms with Crippen molar-refractivity contribution in [3.05, 3.63) is 22.3 Å². The van der Waals surface area contributed by atoms with Gasteiger partial charge in [0.25, 0.3) is 0 Å². The first kappa shape index (κ1) is 6.55. The van der Waals surface area contributed by atoms with E-state index in [1.807, 2.05) is 19.1 Å². The molecule has 0 unspecified atom stereocenters. The van der Waals surface area contributed by atoms with Crippen molar-refractivity contribution >= 4 is 21.7 Å². The van der Waals surface area contributed by atoms with E-state index in [4.69, 9.17) is 5.73 Å². The molecule has 1 aromatic heterocycles. The SMILES string of the molecule is Cc1ccc(Br)nc1N. The third kappa shape index (κ3) is 1.42. The van der Waals surface area contributed by atoms with E-state index in [0.717, 1.165) is 10.2 Å². The molecular formula is C6H7BrN2. The van der Waals surface area contributed by atoms with E-state index in [0.29, 0.717) is 5.82 Å². The lowest BCUT2D eigenvalue weighted by atomic mass is 10.3. The number of rotatable bonds is 0. The number of nitrogens with zero attached hydrogens (tertiary/aromatic N) is 1. The predicted molar refractivity (Wildman–Crippen MR) is 41.1 cm³/mol. The second kappa shape index (κ2) is 2.35. The van der Waals surface area contributed by atoms with E-state index in [1.54, 1.807) is 0 Å². The molecule has 2 nitrogen and oxygen atoms in total. The molecule has 0 fully saturated rings. The zero-order chi connectivity index (χ0) is 6.85. The van der Waals surface area contributed by atoms with E-state index in [2.05, 4.69) is 20.9 Å². The molecular weight excluding hydrogens is 180 g/mol. The Labute approximate surface area is 62.2 Å². The Morgan fingerprint density at radius 2 is 2.22 bits per heavy atom. The molecule has 1 rings (SSSR count). The van der Waals surface area contributed by atoms with E-state index in [1.165, 1.54) is 0 Å². The number of hydrogen-bond donors (Lipinski definition) is 1. The molecule has 0 aliphatic rings. The van der Waals surface area contributed by atoms with Gasteiger partial charge < -0.3 is 5.73 Å². The summed E-state index contributed by atoms with van der Waals surface area (Å²) in [5, 5.41) is 0. The molecule has 3 heteroatoms. The molecule has 0 spiro atoms. The Morgan fingerprint density at radius 3 is 2.67 bits per heavy atom. The summed E-state index contributed by atoms with van der Waals surface area (Å²) in [5.74, 6) is 0.587. The smallest absolute Gasteiger partial charge is 0.127 e. The van der Waals surface area contributed by atoms with Crippen LogP contribution < -0.4 is 5.73 Å². The Hall–Kier alpha value is -0.570.